The molecule has 0 aromatic heterocycles. The third kappa shape index (κ3) is 9.78. The number of carboxylic acid groups (broad SMARTS) is 1. The van der Waals surface area contributed by atoms with Crippen LogP contribution in [-0.4, -0.2) is 48.9 Å². The second-order valence-electron chi connectivity index (χ2n) is 3.53. The number of hydrogen-bond acceptors (Lipinski definition) is 6. The molecule has 1 atom stereocenters. The Hall–Kier alpha value is -1.89. The zero-order valence-electron chi connectivity index (χ0n) is 11.0. The van der Waals surface area contributed by atoms with Gasteiger partial charge in [-0.15, -0.1) is 0 Å². The van der Waals surface area contributed by atoms with Gasteiger partial charge in [0.2, 0.25) is 0 Å². The molecule has 19 heavy (non-hydrogen) atoms. The molecule has 1 N–H and O–H groups in total. The minimum absolute atomic E-state index is 0.0751. The molecular formula is C12H18O7. The quantitative estimate of drug-likeness (QED) is 0.372. The summed E-state index contributed by atoms with van der Waals surface area (Å²) in [5, 5.41) is 8.29. The van der Waals surface area contributed by atoms with E-state index in [4.69, 9.17) is 14.6 Å². The van der Waals surface area contributed by atoms with Crippen molar-refractivity contribution < 1.29 is 33.7 Å². The molecule has 0 fully saturated rings. The van der Waals surface area contributed by atoms with Crippen LogP contribution in [0.15, 0.2) is 12.2 Å². The Morgan fingerprint density at radius 1 is 1.16 bits per heavy atom. The van der Waals surface area contributed by atoms with Crippen LogP contribution in [0.3, 0.4) is 0 Å². The Morgan fingerprint density at radius 3 is 2.42 bits per heavy atom. The van der Waals surface area contributed by atoms with Crippen molar-refractivity contribution in [2.45, 2.75) is 26.4 Å². The van der Waals surface area contributed by atoms with E-state index in [-0.39, 0.29) is 13.2 Å². The Morgan fingerprint density at radius 2 is 1.84 bits per heavy atom. The zero-order valence-corrected chi connectivity index (χ0v) is 11.0. The topological polar surface area (TPSA) is 99.1 Å². The van der Waals surface area contributed by atoms with Crippen LogP contribution in [0.5, 0.6) is 0 Å². The molecular weight excluding hydrogens is 256 g/mol. The van der Waals surface area contributed by atoms with E-state index < -0.39 is 24.0 Å². The van der Waals surface area contributed by atoms with E-state index in [9.17, 15) is 14.4 Å². The SMILES string of the molecule is CCCOCCOC(=O)C(C)OC(=O)/C=C/C(=O)O. The summed E-state index contributed by atoms with van der Waals surface area (Å²) >= 11 is 0. The normalized spacial score (nSPS) is 12.1. The van der Waals surface area contributed by atoms with E-state index in [1.54, 1.807) is 0 Å². The van der Waals surface area contributed by atoms with Crippen molar-refractivity contribution >= 4 is 17.9 Å². The average Bonchev–Trinajstić information content (AvgIpc) is 2.35. The summed E-state index contributed by atoms with van der Waals surface area (Å²) in [6.45, 7) is 4.23. The first-order valence-corrected chi connectivity index (χ1v) is 5.83. The van der Waals surface area contributed by atoms with E-state index in [2.05, 4.69) is 4.74 Å². The highest BCUT2D eigenvalue weighted by Gasteiger charge is 2.17. The molecule has 0 bridgehead atoms. The first-order valence-electron chi connectivity index (χ1n) is 5.83. The number of carbonyl (C=O) groups excluding carboxylic acids is 2. The standard InChI is InChI=1S/C12H18O7/c1-3-6-17-7-8-18-12(16)9(2)19-11(15)5-4-10(13)14/h4-5,9H,3,6-8H2,1-2H3,(H,13,14)/b5-4+. The molecule has 0 amide bonds. The van der Waals surface area contributed by atoms with E-state index in [1.807, 2.05) is 6.92 Å². The van der Waals surface area contributed by atoms with Crippen molar-refractivity contribution in [1.82, 2.24) is 0 Å². The van der Waals surface area contributed by atoms with E-state index in [1.165, 1.54) is 6.92 Å². The fraction of sp³-hybridized carbons (Fsp3) is 0.583. The second-order valence-corrected chi connectivity index (χ2v) is 3.53. The predicted octanol–water partition coefficient (Wildman–Crippen LogP) is 0.529. The van der Waals surface area contributed by atoms with Crippen molar-refractivity contribution in [1.29, 1.82) is 0 Å². The largest absolute Gasteiger partial charge is 0.478 e. The number of aliphatic carboxylic acids is 1. The van der Waals surface area contributed by atoms with Crippen molar-refractivity contribution in [2.75, 3.05) is 19.8 Å². The summed E-state index contributed by atoms with van der Waals surface area (Å²) < 4.78 is 14.5. The van der Waals surface area contributed by atoms with Gasteiger partial charge >= 0.3 is 17.9 Å². The third-order valence-electron chi connectivity index (χ3n) is 1.81. The zero-order chi connectivity index (χ0) is 14.7. The van der Waals surface area contributed by atoms with Gasteiger partial charge < -0.3 is 19.3 Å². The van der Waals surface area contributed by atoms with Crippen LogP contribution in [0.4, 0.5) is 0 Å². The van der Waals surface area contributed by atoms with Gasteiger partial charge in [0, 0.05) is 18.8 Å². The molecule has 1 unspecified atom stereocenters. The lowest BCUT2D eigenvalue weighted by atomic mass is 10.4. The van der Waals surface area contributed by atoms with Crippen molar-refractivity contribution in [3.63, 3.8) is 0 Å². The first-order chi connectivity index (χ1) is 8.97. The molecule has 0 saturated heterocycles. The predicted molar refractivity (Wildman–Crippen MR) is 64.4 cm³/mol. The minimum Gasteiger partial charge on any atom is -0.478 e. The van der Waals surface area contributed by atoms with Gasteiger partial charge in [-0.25, -0.2) is 14.4 Å². The molecule has 0 saturated carbocycles. The van der Waals surface area contributed by atoms with E-state index >= 15 is 0 Å². The number of carbonyl (C=O) groups is 3. The van der Waals surface area contributed by atoms with Crippen LogP contribution >= 0.6 is 0 Å². The maximum atomic E-state index is 11.4. The average molecular weight is 274 g/mol. The van der Waals surface area contributed by atoms with Crippen LogP contribution in [0, 0.1) is 0 Å². The second kappa shape index (κ2) is 10.1. The summed E-state index contributed by atoms with van der Waals surface area (Å²) in [4.78, 5) is 32.6. The van der Waals surface area contributed by atoms with Gasteiger partial charge in [0.25, 0.3) is 0 Å². The van der Waals surface area contributed by atoms with Crippen molar-refractivity contribution in [2.24, 2.45) is 0 Å². The van der Waals surface area contributed by atoms with Gasteiger partial charge in [0.1, 0.15) is 6.61 Å². The van der Waals surface area contributed by atoms with Gasteiger partial charge in [-0.1, -0.05) is 6.92 Å². The molecule has 7 nitrogen and oxygen atoms in total. The fourth-order valence-corrected chi connectivity index (χ4v) is 0.966. The minimum atomic E-state index is -1.28. The molecule has 0 aliphatic rings. The highest BCUT2D eigenvalue weighted by atomic mass is 16.6. The molecule has 0 aliphatic carbocycles. The van der Waals surface area contributed by atoms with Crippen molar-refractivity contribution in [3.05, 3.63) is 12.2 Å². The van der Waals surface area contributed by atoms with Crippen molar-refractivity contribution in [3.8, 4) is 0 Å². The Balaban J connectivity index is 3.87. The summed E-state index contributed by atoms with van der Waals surface area (Å²) in [7, 11) is 0. The number of rotatable bonds is 9. The van der Waals surface area contributed by atoms with Gasteiger partial charge in [-0.2, -0.15) is 0 Å². The molecule has 0 spiro atoms. The van der Waals surface area contributed by atoms with Crippen LogP contribution in [0.1, 0.15) is 20.3 Å². The summed E-state index contributed by atoms with van der Waals surface area (Å²) in [5.74, 6) is -2.91. The lowest BCUT2D eigenvalue weighted by molar-refractivity contribution is -0.164. The van der Waals surface area contributed by atoms with Crippen LogP contribution in [-0.2, 0) is 28.6 Å². The third-order valence-corrected chi connectivity index (χ3v) is 1.81. The van der Waals surface area contributed by atoms with Crippen LogP contribution < -0.4 is 0 Å². The number of hydrogen-bond donors (Lipinski definition) is 1. The van der Waals surface area contributed by atoms with Gasteiger partial charge in [-0.05, 0) is 13.3 Å². The summed E-state index contributed by atoms with van der Waals surface area (Å²) in [5.41, 5.74) is 0. The fourth-order valence-electron chi connectivity index (χ4n) is 0.966. The number of carboxylic acids is 1. The maximum Gasteiger partial charge on any atom is 0.347 e. The first kappa shape index (κ1) is 17.1. The molecule has 0 aromatic carbocycles. The summed E-state index contributed by atoms with van der Waals surface area (Å²) in [6, 6.07) is 0. The lowest BCUT2D eigenvalue weighted by Crippen LogP contribution is -2.26. The highest BCUT2D eigenvalue weighted by Crippen LogP contribution is 1.97. The number of esters is 2. The maximum absolute atomic E-state index is 11.4. The number of ether oxygens (including phenoxy) is 3. The Kier molecular flexibility index (Phi) is 9.07. The smallest absolute Gasteiger partial charge is 0.347 e. The molecule has 0 heterocycles. The van der Waals surface area contributed by atoms with Gasteiger partial charge in [0.15, 0.2) is 6.10 Å². The molecule has 0 aromatic rings. The molecule has 108 valence electrons. The Labute approximate surface area is 111 Å². The van der Waals surface area contributed by atoms with E-state index in [0.717, 1.165) is 12.5 Å². The van der Waals surface area contributed by atoms with E-state index in [0.29, 0.717) is 12.7 Å². The van der Waals surface area contributed by atoms with Crippen LogP contribution in [0.2, 0.25) is 0 Å². The Bertz CT molecular complexity index is 335. The van der Waals surface area contributed by atoms with Gasteiger partial charge in [-0.3, -0.25) is 0 Å². The molecule has 7 heteroatoms. The highest BCUT2D eigenvalue weighted by molar-refractivity contribution is 5.91. The molecule has 0 rings (SSSR count). The molecule has 0 radical (unpaired) electrons. The van der Waals surface area contributed by atoms with Crippen LogP contribution in [0.25, 0.3) is 0 Å². The lowest BCUT2D eigenvalue weighted by Gasteiger charge is -2.11. The molecule has 0 aliphatic heterocycles. The summed E-state index contributed by atoms with van der Waals surface area (Å²) in [6.07, 6.45) is 1.12. The monoisotopic (exact) mass is 274 g/mol. The van der Waals surface area contributed by atoms with Gasteiger partial charge in [0.05, 0.1) is 6.61 Å².